The number of carbonyl (C=O) groups is 1. The van der Waals surface area contributed by atoms with Crippen molar-refractivity contribution in [2.24, 2.45) is 0 Å². The number of allylic oxidation sites excluding steroid dienone is 7. The topological polar surface area (TPSA) is 30.0 Å². The molecule has 0 atom stereocenters. The van der Waals surface area contributed by atoms with Crippen LogP contribution in [0.2, 0.25) is 0 Å². The van der Waals surface area contributed by atoms with Gasteiger partial charge in [-0.25, -0.2) is 0 Å². The monoisotopic (exact) mass is 327 g/mol. The van der Waals surface area contributed by atoms with E-state index >= 15 is 0 Å². The molecule has 2 aromatic rings. The number of nitrogens with zero attached hydrogens (tertiary/aromatic N) is 1. The number of hydrogen-bond donors (Lipinski definition) is 0. The Hall–Kier alpha value is -3.00. The summed E-state index contributed by atoms with van der Waals surface area (Å²) < 4.78 is 0. The maximum atomic E-state index is 12.7. The van der Waals surface area contributed by atoms with Crippen molar-refractivity contribution in [2.75, 3.05) is 0 Å². The van der Waals surface area contributed by atoms with E-state index in [1.54, 1.807) is 24.5 Å². The zero-order valence-corrected chi connectivity index (χ0v) is 14.4. The molecule has 1 aliphatic carbocycles. The van der Waals surface area contributed by atoms with E-state index in [9.17, 15) is 4.79 Å². The number of pyridine rings is 1. The van der Waals surface area contributed by atoms with Gasteiger partial charge >= 0.3 is 0 Å². The highest BCUT2D eigenvalue weighted by Gasteiger charge is 2.15. The molecule has 124 valence electrons. The molecule has 0 unspecified atom stereocenters. The normalized spacial score (nSPS) is 16.7. The Labute approximate surface area is 148 Å². The minimum Gasteiger partial charge on any atom is -0.289 e. The third-order valence-corrected chi connectivity index (χ3v) is 4.39. The molecule has 1 heterocycles. The third kappa shape index (κ3) is 3.92. The minimum atomic E-state index is -0.0175. The van der Waals surface area contributed by atoms with E-state index in [1.165, 1.54) is 11.1 Å². The molecule has 0 spiro atoms. The van der Waals surface area contributed by atoms with Crippen molar-refractivity contribution in [3.63, 3.8) is 0 Å². The summed E-state index contributed by atoms with van der Waals surface area (Å²) in [7, 11) is 0. The molecule has 0 radical (unpaired) electrons. The van der Waals surface area contributed by atoms with Crippen LogP contribution >= 0.6 is 0 Å². The summed E-state index contributed by atoms with van der Waals surface area (Å²) >= 11 is 0. The first-order valence-electron chi connectivity index (χ1n) is 8.46. The zero-order valence-electron chi connectivity index (χ0n) is 14.4. The number of benzene rings is 1. The van der Waals surface area contributed by atoms with Gasteiger partial charge in [-0.3, -0.25) is 9.78 Å². The maximum Gasteiger partial charge on any atom is 0.194 e. The highest BCUT2D eigenvalue weighted by atomic mass is 16.1. The van der Waals surface area contributed by atoms with E-state index in [0.717, 1.165) is 24.0 Å². The average molecular weight is 327 g/mol. The Morgan fingerprint density at radius 3 is 2.60 bits per heavy atom. The third-order valence-electron chi connectivity index (χ3n) is 4.39. The summed E-state index contributed by atoms with van der Waals surface area (Å²) in [5, 5.41) is 0. The second kappa shape index (κ2) is 7.71. The molecule has 0 N–H and O–H groups in total. The average Bonchev–Trinajstić information content (AvgIpc) is 2.68. The second-order valence-corrected chi connectivity index (χ2v) is 6.05. The summed E-state index contributed by atoms with van der Waals surface area (Å²) in [4.78, 5) is 16.7. The molecule has 25 heavy (non-hydrogen) atoms. The van der Waals surface area contributed by atoms with Gasteiger partial charge in [0.25, 0.3) is 0 Å². The summed E-state index contributed by atoms with van der Waals surface area (Å²) in [6.07, 6.45) is 11.1. The maximum absolute atomic E-state index is 12.7. The van der Waals surface area contributed by atoms with Gasteiger partial charge in [-0.1, -0.05) is 49.1 Å². The van der Waals surface area contributed by atoms with Crippen LogP contribution in [0.25, 0.3) is 5.57 Å². The number of aromatic nitrogens is 1. The van der Waals surface area contributed by atoms with Gasteiger partial charge in [0.2, 0.25) is 0 Å². The van der Waals surface area contributed by atoms with Crippen molar-refractivity contribution in [1.29, 1.82) is 0 Å². The van der Waals surface area contributed by atoms with Crippen LogP contribution in [-0.4, -0.2) is 10.8 Å². The van der Waals surface area contributed by atoms with Crippen LogP contribution in [-0.2, 0) is 0 Å². The molecule has 2 heteroatoms. The van der Waals surface area contributed by atoms with Crippen LogP contribution in [0.3, 0.4) is 0 Å². The largest absolute Gasteiger partial charge is 0.289 e. The first-order chi connectivity index (χ1) is 12.2. The van der Waals surface area contributed by atoms with Crippen molar-refractivity contribution >= 4 is 11.4 Å². The van der Waals surface area contributed by atoms with Crippen LogP contribution in [0.1, 0.15) is 35.7 Å². The van der Waals surface area contributed by atoms with E-state index in [-0.39, 0.29) is 5.78 Å². The van der Waals surface area contributed by atoms with Crippen molar-refractivity contribution in [3.8, 4) is 0 Å². The highest BCUT2D eigenvalue weighted by Crippen LogP contribution is 2.33. The number of hydrogen-bond acceptors (Lipinski definition) is 2. The van der Waals surface area contributed by atoms with Gasteiger partial charge in [0.05, 0.1) is 0 Å². The first-order valence-corrected chi connectivity index (χ1v) is 8.46. The molecule has 0 fully saturated rings. The van der Waals surface area contributed by atoms with Crippen molar-refractivity contribution in [1.82, 2.24) is 4.98 Å². The van der Waals surface area contributed by atoms with Crippen molar-refractivity contribution < 1.29 is 4.79 Å². The van der Waals surface area contributed by atoms with Crippen LogP contribution in [0.4, 0.5) is 0 Å². The standard InChI is InChI=1S/C23H21NO/c1-3-18(23(25)21-10-7-13-24-16-21)14-22-15-20(12-11-17(22)2)19-8-5-4-6-9-19/h3-10,13-16H,2,11-12H2,1H3/b18-3+,22-14-. The molecular weight excluding hydrogens is 306 g/mol. The van der Waals surface area contributed by atoms with Gasteiger partial charge in [-0.05, 0) is 60.3 Å². The molecule has 3 rings (SSSR count). The van der Waals surface area contributed by atoms with E-state index < -0.39 is 0 Å². The van der Waals surface area contributed by atoms with Gasteiger partial charge in [0, 0.05) is 23.5 Å². The summed E-state index contributed by atoms with van der Waals surface area (Å²) in [6.45, 7) is 6.06. The fourth-order valence-electron chi connectivity index (χ4n) is 2.93. The fourth-order valence-corrected chi connectivity index (χ4v) is 2.93. The predicted octanol–water partition coefficient (Wildman–Crippen LogP) is 5.57. The van der Waals surface area contributed by atoms with E-state index in [2.05, 4.69) is 29.8 Å². The molecule has 1 aliphatic rings. The Morgan fingerprint density at radius 2 is 1.92 bits per heavy atom. The van der Waals surface area contributed by atoms with Crippen molar-refractivity contribution in [3.05, 3.63) is 108 Å². The molecule has 0 amide bonds. The van der Waals surface area contributed by atoms with Gasteiger partial charge < -0.3 is 0 Å². The molecule has 1 aromatic carbocycles. The molecule has 0 aliphatic heterocycles. The number of carbonyl (C=O) groups excluding carboxylic acids is 1. The van der Waals surface area contributed by atoms with Crippen molar-refractivity contribution in [2.45, 2.75) is 19.8 Å². The lowest BCUT2D eigenvalue weighted by Gasteiger charge is -2.18. The second-order valence-electron chi connectivity index (χ2n) is 6.05. The quantitative estimate of drug-likeness (QED) is 0.543. The van der Waals surface area contributed by atoms with E-state index in [4.69, 9.17) is 0 Å². The Balaban J connectivity index is 1.94. The smallest absolute Gasteiger partial charge is 0.194 e. The molecule has 0 saturated heterocycles. The molecule has 0 bridgehead atoms. The fraction of sp³-hybridized carbons (Fsp3) is 0.130. The van der Waals surface area contributed by atoms with Crippen LogP contribution < -0.4 is 0 Å². The highest BCUT2D eigenvalue weighted by molar-refractivity contribution is 6.10. The molecule has 2 nitrogen and oxygen atoms in total. The lowest BCUT2D eigenvalue weighted by atomic mass is 9.86. The number of Topliss-reactive ketones (excluding diaryl/α,β-unsaturated/α-hetero) is 1. The Bertz CT molecular complexity index is 871. The van der Waals surface area contributed by atoms with Gasteiger partial charge in [-0.15, -0.1) is 0 Å². The summed E-state index contributed by atoms with van der Waals surface area (Å²) in [5.41, 5.74) is 5.86. The summed E-state index contributed by atoms with van der Waals surface area (Å²) in [5.74, 6) is -0.0175. The zero-order chi connectivity index (χ0) is 17.6. The Kier molecular flexibility index (Phi) is 5.20. The first kappa shape index (κ1) is 16.8. The van der Waals surface area contributed by atoms with E-state index in [1.807, 2.05) is 37.3 Å². The molecular formula is C23H21NO. The van der Waals surface area contributed by atoms with Crippen LogP contribution in [0, 0.1) is 0 Å². The van der Waals surface area contributed by atoms with Crippen LogP contribution in [0.5, 0.6) is 0 Å². The molecule has 0 saturated carbocycles. The number of ketones is 1. The molecule has 1 aromatic heterocycles. The number of rotatable bonds is 4. The lowest BCUT2D eigenvalue weighted by Crippen LogP contribution is -2.04. The predicted molar refractivity (Wildman–Crippen MR) is 103 cm³/mol. The Morgan fingerprint density at radius 1 is 1.12 bits per heavy atom. The van der Waals surface area contributed by atoms with Gasteiger partial charge in [0.1, 0.15) is 0 Å². The SMILES string of the molecule is C=C1CCC(c2ccccc2)=C/C1=C/C(=C\C)C(=O)c1cccnc1. The summed E-state index contributed by atoms with van der Waals surface area (Å²) in [6, 6.07) is 13.9. The van der Waals surface area contributed by atoms with E-state index in [0.29, 0.717) is 11.1 Å². The van der Waals surface area contributed by atoms with Gasteiger partial charge in [0.15, 0.2) is 5.78 Å². The lowest BCUT2D eigenvalue weighted by molar-refractivity contribution is 0.103. The minimum absolute atomic E-state index is 0.0175. The van der Waals surface area contributed by atoms with Crippen LogP contribution in [0.15, 0.2) is 96.4 Å². The van der Waals surface area contributed by atoms with Gasteiger partial charge in [-0.2, -0.15) is 0 Å².